The Morgan fingerprint density at radius 1 is 1.22 bits per heavy atom. The second-order valence-electron chi connectivity index (χ2n) is 8.12. The molecule has 9 nitrogen and oxygen atoms in total. The number of carbonyl (C=O) groups is 2. The second kappa shape index (κ2) is 7.70. The molecule has 0 spiro atoms. The lowest BCUT2D eigenvalue weighted by atomic mass is 10.1. The number of aryl methyl sites for hydroxylation is 2. The predicted octanol–water partition coefficient (Wildman–Crippen LogP) is 1.88. The second-order valence-corrected chi connectivity index (χ2v) is 8.12. The van der Waals surface area contributed by atoms with Gasteiger partial charge < -0.3 is 10.2 Å². The number of amides is 2. The first-order valence-corrected chi connectivity index (χ1v) is 10.4. The van der Waals surface area contributed by atoms with E-state index in [2.05, 4.69) is 20.4 Å². The molecule has 2 aliphatic rings. The summed E-state index contributed by atoms with van der Waals surface area (Å²) in [6.45, 7) is 1.96. The van der Waals surface area contributed by atoms with Crippen molar-refractivity contribution in [3.05, 3.63) is 63.5 Å². The van der Waals surface area contributed by atoms with E-state index in [1.165, 1.54) is 33.8 Å². The first kappa shape index (κ1) is 20.1. The molecule has 2 N–H and O–H groups in total. The Labute approximate surface area is 182 Å². The highest BCUT2D eigenvalue weighted by Gasteiger charge is 2.35. The Morgan fingerprint density at radius 2 is 2.00 bits per heavy atom. The maximum absolute atomic E-state index is 13.2. The zero-order chi connectivity index (χ0) is 22.4. The number of H-pyrrole nitrogens is 1. The number of fused-ring (bicyclic) bond motifs is 1. The van der Waals surface area contributed by atoms with Crippen molar-refractivity contribution in [2.24, 2.45) is 5.92 Å². The van der Waals surface area contributed by atoms with Crippen molar-refractivity contribution in [2.75, 3.05) is 16.8 Å². The highest BCUT2D eigenvalue weighted by atomic mass is 19.1. The van der Waals surface area contributed by atoms with Crippen LogP contribution in [0.15, 0.2) is 35.1 Å². The summed E-state index contributed by atoms with van der Waals surface area (Å²) < 4.78 is 14.6. The minimum atomic E-state index is -0.580. The van der Waals surface area contributed by atoms with E-state index in [0.29, 0.717) is 29.2 Å². The van der Waals surface area contributed by atoms with E-state index in [1.807, 2.05) is 0 Å². The lowest BCUT2D eigenvalue weighted by Gasteiger charge is -2.16. The summed E-state index contributed by atoms with van der Waals surface area (Å²) >= 11 is 0. The number of anilines is 2. The molecule has 1 saturated heterocycles. The van der Waals surface area contributed by atoms with Crippen LogP contribution in [0.3, 0.4) is 0 Å². The average Bonchev–Trinajstić information content (AvgIpc) is 3.47. The van der Waals surface area contributed by atoms with Crippen molar-refractivity contribution in [1.29, 1.82) is 0 Å². The van der Waals surface area contributed by atoms with E-state index in [9.17, 15) is 18.8 Å². The van der Waals surface area contributed by atoms with E-state index >= 15 is 0 Å². The lowest BCUT2D eigenvalue weighted by Crippen LogP contribution is -2.29. The standard InChI is InChI=1S/C22H21FN6O3/c1-12-9-18(29(27-12)22-24-17-4-2-3-16(17)21(32)26-22)25-20(31)13-10-19(30)28(11-13)15-7-5-14(23)6-8-15/h5-9,13H,2-4,10-11H2,1H3,(H,25,31)(H,24,26,32)/t13-/m1/s1. The van der Waals surface area contributed by atoms with Gasteiger partial charge in [0.1, 0.15) is 11.6 Å². The molecule has 3 aromatic rings. The zero-order valence-corrected chi connectivity index (χ0v) is 17.4. The normalized spacial score (nSPS) is 17.6. The third-order valence-corrected chi connectivity index (χ3v) is 5.85. The van der Waals surface area contributed by atoms with Crippen LogP contribution in [0.4, 0.5) is 15.9 Å². The zero-order valence-electron chi connectivity index (χ0n) is 17.4. The number of aromatic nitrogens is 4. The van der Waals surface area contributed by atoms with Crippen LogP contribution in [0, 0.1) is 18.7 Å². The Hall–Kier alpha value is -3.82. The van der Waals surface area contributed by atoms with Crippen LogP contribution >= 0.6 is 0 Å². The smallest absolute Gasteiger partial charge is 0.255 e. The highest BCUT2D eigenvalue weighted by Crippen LogP contribution is 2.27. The largest absolute Gasteiger partial charge is 0.312 e. The molecule has 0 unspecified atom stereocenters. The van der Waals surface area contributed by atoms with E-state index < -0.39 is 11.7 Å². The summed E-state index contributed by atoms with van der Waals surface area (Å²) in [4.78, 5) is 46.6. The van der Waals surface area contributed by atoms with Crippen molar-refractivity contribution in [1.82, 2.24) is 19.7 Å². The number of hydrogen-bond acceptors (Lipinski definition) is 5. The quantitative estimate of drug-likeness (QED) is 0.649. The van der Waals surface area contributed by atoms with Gasteiger partial charge in [0.25, 0.3) is 5.56 Å². The van der Waals surface area contributed by atoms with Gasteiger partial charge in [-0.2, -0.15) is 9.78 Å². The van der Waals surface area contributed by atoms with Gasteiger partial charge >= 0.3 is 0 Å². The van der Waals surface area contributed by atoms with Gasteiger partial charge in [0, 0.05) is 30.3 Å². The van der Waals surface area contributed by atoms with Crippen molar-refractivity contribution in [3.8, 4) is 5.95 Å². The fraction of sp³-hybridized carbons (Fsp3) is 0.318. The molecule has 3 heterocycles. The molecule has 5 rings (SSSR count). The number of nitrogens with zero attached hydrogens (tertiary/aromatic N) is 4. The van der Waals surface area contributed by atoms with Gasteiger partial charge in [-0.3, -0.25) is 19.4 Å². The molecule has 0 saturated carbocycles. The van der Waals surface area contributed by atoms with Crippen LogP contribution in [0.5, 0.6) is 0 Å². The van der Waals surface area contributed by atoms with Crippen molar-refractivity contribution >= 4 is 23.3 Å². The van der Waals surface area contributed by atoms with Gasteiger partial charge in [0.2, 0.25) is 17.8 Å². The Kier molecular flexibility index (Phi) is 4.84. The van der Waals surface area contributed by atoms with Gasteiger partial charge in [0.15, 0.2) is 0 Å². The molecule has 1 fully saturated rings. The number of halogens is 1. The van der Waals surface area contributed by atoms with Crippen molar-refractivity contribution in [2.45, 2.75) is 32.6 Å². The number of carbonyl (C=O) groups excluding carboxylic acids is 2. The predicted molar refractivity (Wildman–Crippen MR) is 114 cm³/mol. The third kappa shape index (κ3) is 3.57. The summed E-state index contributed by atoms with van der Waals surface area (Å²) in [7, 11) is 0. The highest BCUT2D eigenvalue weighted by molar-refractivity contribution is 6.03. The Balaban J connectivity index is 1.37. The van der Waals surface area contributed by atoms with E-state index in [-0.39, 0.29) is 36.3 Å². The molecule has 32 heavy (non-hydrogen) atoms. The molecule has 2 amide bonds. The number of nitrogens with one attached hydrogen (secondary N) is 2. The molecular weight excluding hydrogens is 415 g/mol. The number of rotatable bonds is 4. The van der Waals surface area contributed by atoms with Gasteiger partial charge in [-0.1, -0.05) is 0 Å². The van der Waals surface area contributed by atoms with Crippen molar-refractivity contribution < 1.29 is 14.0 Å². The first-order valence-electron chi connectivity index (χ1n) is 10.4. The first-order chi connectivity index (χ1) is 15.4. The monoisotopic (exact) mass is 436 g/mol. The minimum absolute atomic E-state index is 0.0459. The Morgan fingerprint density at radius 3 is 2.78 bits per heavy atom. The van der Waals surface area contributed by atoms with Crippen LogP contribution < -0.4 is 15.8 Å². The molecule has 1 aromatic carbocycles. The molecule has 1 atom stereocenters. The van der Waals surface area contributed by atoms with Crippen LogP contribution in [-0.4, -0.2) is 38.1 Å². The van der Waals surface area contributed by atoms with Gasteiger partial charge in [0.05, 0.1) is 17.3 Å². The Bertz CT molecular complexity index is 1280. The fourth-order valence-corrected chi connectivity index (χ4v) is 4.26. The lowest BCUT2D eigenvalue weighted by molar-refractivity contribution is -0.122. The van der Waals surface area contributed by atoms with E-state index in [0.717, 1.165) is 18.5 Å². The molecule has 0 bridgehead atoms. The molecule has 164 valence electrons. The van der Waals surface area contributed by atoms with Crippen LogP contribution in [0.25, 0.3) is 5.95 Å². The maximum atomic E-state index is 13.2. The van der Waals surface area contributed by atoms with Gasteiger partial charge in [-0.05, 0) is 50.5 Å². The van der Waals surface area contributed by atoms with Gasteiger partial charge in [-0.25, -0.2) is 9.37 Å². The maximum Gasteiger partial charge on any atom is 0.255 e. The van der Waals surface area contributed by atoms with Gasteiger partial charge in [-0.15, -0.1) is 0 Å². The molecule has 1 aliphatic carbocycles. The van der Waals surface area contributed by atoms with E-state index in [1.54, 1.807) is 13.0 Å². The summed E-state index contributed by atoms with van der Waals surface area (Å²) in [6, 6.07) is 7.27. The SMILES string of the molecule is Cc1cc(NC(=O)[C@@H]2CC(=O)N(c3ccc(F)cc3)C2)n(-c2nc3c(c(=O)[nH]2)CCC3)n1. The topological polar surface area (TPSA) is 113 Å². The number of aromatic amines is 1. The summed E-state index contributed by atoms with van der Waals surface area (Å²) in [5, 5.41) is 7.19. The summed E-state index contributed by atoms with van der Waals surface area (Å²) in [5.41, 5.74) is 2.45. The molecule has 0 radical (unpaired) electrons. The molecule has 10 heteroatoms. The van der Waals surface area contributed by atoms with Crippen LogP contribution in [0.2, 0.25) is 0 Å². The molecular formula is C22H21FN6O3. The molecule has 2 aromatic heterocycles. The van der Waals surface area contributed by atoms with Crippen LogP contribution in [-0.2, 0) is 22.4 Å². The fourth-order valence-electron chi connectivity index (χ4n) is 4.26. The number of hydrogen-bond donors (Lipinski definition) is 2. The summed E-state index contributed by atoms with van der Waals surface area (Å²) in [5.74, 6) is -0.908. The molecule has 1 aliphatic heterocycles. The number of benzene rings is 1. The van der Waals surface area contributed by atoms with Crippen molar-refractivity contribution in [3.63, 3.8) is 0 Å². The average molecular weight is 436 g/mol. The van der Waals surface area contributed by atoms with Crippen LogP contribution in [0.1, 0.15) is 29.8 Å². The van der Waals surface area contributed by atoms with E-state index in [4.69, 9.17) is 0 Å². The third-order valence-electron chi connectivity index (χ3n) is 5.85. The summed E-state index contributed by atoms with van der Waals surface area (Å²) in [6.07, 6.45) is 2.37. The minimum Gasteiger partial charge on any atom is -0.312 e.